The number of hydrogen-bond acceptors (Lipinski definition) is 6. The van der Waals surface area contributed by atoms with E-state index in [9.17, 15) is 4.79 Å². The summed E-state index contributed by atoms with van der Waals surface area (Å²) in [5.41, 5.74) is 5.21. The molecule has 0 fully saturated rings. The van der Waals surface area contributed by atoms with Gasteiger partial charge in [0.2, 0.25) is 0 Å². The highest BCUT2D eigenvalue weighted by Crippen LogP contribution is 2.29. The van der Waals surface area contributed by atoms with Gasteiger partial charge in [-0.1, -0.05) is 38.4 Å². The quantitative estimate of drug-likeness (QED) is 0.340. The molecule has 4 rings (SSSR count). The highest BCUT2D eigenvalue weighted by Gasteiger charge is 2.21. The van der Waals surface area contributed by atoms with Crippen LogP contribution in [0.4, 0.5) is 0 Å². The van der Waals surface area contributed by atoms with E-state index in [4.69, 9.17) is 21.3 Å². The van der Waals surface area contributed by atoms with Crippen LogP contribution in [-0.4, -0.2) is 24.5 Å². The molecule has 0 saturated heterocycles. The number of rotatable bonds is 5. The van der Waals surface area contributed by atoms with Crippen LogP contribution < -0.4 is 10.3 Å². The molecule has 7 nitrogen and oxygen atoms in total. The SMILES string of the molecule is Cc1cccc(COc2cc(C)n(-c3cc(-c4nc(C(C)(C)C)ncc4C)ncc3Cl)c(=O)c2C)n1. The lowest BCUT2D eigenvalue weighted by molar-refractivity contribution is 0.297. The predicted molar refractivity (Wildman–Crippen MR) is 142 cm³/mol. The van der Waals surface area contributed by atoms with Crippen LogP contribution in [0, 0.1) is 27.7 Å². The third kappa shape index (κ3) is 5.16. The second-order valence-corrected chi connectivity index (χ2v) is 10.4. The Hall–Kier alpha value is -3.58. The molecule has 0 radical (unpaired) electrons. The normalized spacial score (nSPS) is 11.6. The Balaban J connectivity index is 1.75. The third-order valence-corrected chi connectivity index (χ3v) is 6.16. The standard InChI is InChI=1S/C28H30ClN5O2/c1-16-13-31-27(28(5,6)7)33-25(16)22-12-23(21(29)14-30-22)34-18(3)11-24(19(4)26(34)35)36-15-20-10-8-9-17(2)32-20/h8-14H,15H2,1-7H3. The van der Waals surface area contributed by atoms with E-state index >= 15 is 0 Å². The van der Waals surface area contributed by atoms with Crippen molar-refractivity contribution in [3.63, 3.8) is 0 Å². The van der Waals surface area contributed by atoms with Gasteiger partial charge in [0.1, 0.15) is 18.2 Å². The molecule has 4 heterocycles. The summed E-state index contributed by atoms with van der Waals surface area (Å²) in [6.07, 6.45) is 3.36. The Morgan fingerprint density at radius 1 is 1.00 bits per heavy atom. The minimum atomic E-state index is -0.216. The summed E-state index contributed by atoms with van der Waals surface area (Å²) < 4.78 is 7.56. The fourth-order valence-electron chi connectivity index (χ4n) is 3.87. The molecule has 0 aliphatic carbocycles. The minimum Gasteiger partial charge on any atom is -0.487 e. The van der Waals surface area contributed by atoms with Crippen molar-refractivity contribution in [2.45, 2.75) is 60.5 Å². The van der Waals surface area contributed by atoms with Crippen LogP contribution in [-0.2, 0) is 12.0 Å². The summed E-state index contributed by atoms with van der Waals surface area (Å²) in [6, 6.07) is 9.41. The van der Waals surface area contributed by atoms with E-state index in [-0.39, 0.29) is 17.6 Å². The number of hydrogen-bond donors (Lipinski definition) is 0. The lowest BCUT2D eigenvalue weighted by Crippen LogP contribution is -2.24. The molecule has 0 N–H and O–H groups in total. The molecule has 0 saturated carbocycles. The Bertz CT molecular complexity index is 1510. The summed E-state index contributed by atoms with van der Waals surface area (Å²) in [4.78, 5) is 31.7. The maximum absolute atomic E-state index is 13.5. The molecular weight excluding hydrogens is 474 g/mol. The topological polar surface area (TPSA) is 82.8 Å². The van der Waals surface area contributed by atoms with Gasteiger partial charge in [-0.15, -0.1) is 0 Å². The first kappa shape index (κ1) is 25.5. The predicted octanol–water partition coefficient (Wildman–Crippen LogP) is 5.85. The van der Waals surface area contributed by atoms with Crippen molar-refractivity contribution in [2.24, 2.45) is 0 Å². The van der Waals surface area contributed by atoms with Crippen molar-refractivity contribution < 1.29 is 4.74 Å². The molecule has 0 spiro atoms. The van der Waals surface area contributed by atoms with Crippen molar-refractivity contribution in [1.29, 1.82) is 0 Å². The highest BCUT2D eigenvalue weighted by atomic mass is 35.5. The number of ether oxygens (including phenoxy) is 1. The van der Waals surface area contributed by atoms with E-state index in [1.54, 1.807) is 30.0 Å². The Labute approximate surface area is 216 Å². The molecular formula is C28H30ClN5O2. The van der Waals surface area contributed by atoms with Crippen molar-refractivity contribution in [3.8, 4) is 22.8 Å². The Morgan fingerprint density at radius 3 is 2.44 bits per heavy atom. The average molecular weight is 504 g/mol. The first-order valence-electron chi connectivity index (χ1n) is 11.7. The van der Waals surface area contributed by atoms with E-state index in [1.165, 1.54) is 0 Å². The number of aryl methyl sites for hydroxylation is 3. The van der Waals surface area contributed by atoms with Gasteiger partial charge >= 0.3 is 0 Å². The zero-order valence-electron chi connectivity index (χ0n) is 21.7. The summed E-state index contributed by atoms with van der Waals surface area (Å²) in [5.74, 6) is 1.24. The second-order valence-electron chi connectivity index (χ2n) is 9.97. The molecule has 0 bridgehead atoms. The van der Waals surface area contributed by atoms with E-state index in [0.29, 0.717) is 39.1 Å². The smallest absolute Gasteiger partial charge is 0.261 e. The van der Waals surface area contributed by atoms with Gasteiger partial charge in [-0.05, 0) is 51.5 Å². The highest BCUT2D eigenvalue weighted by molar-refractivity contribution is 6.32. The molecule has 36 heavy (non-hydrogen) atoms. The van der Waals surface area contributed by atoms with E-state index in [2.05, 4.69) is 35.7 Å². The zero-order valence-corrected chi connectivity index (χ0v) is 22.4. The third-order valence-electron chi connectivity index (χ3n) is 5.87. The molecule has 0 amide bonds. The molecule has 0 aromatic carbocycles. The lowest BCUT2D eigenvalue weighted by atomic mass is 9.95. The summed E-state index contributed by atoms with van der Waals surface area (Å²) in [7, 11) is 0. The first-order valence-corrected chi connectivity index (χ1v) is 12.1. The second kappa shape index (κ2) is 9.82. The number of halogens is 1. The monoisotopic (exact) mass is 503 g/mol. The maximum Gasteiger partial charge on any atom is 0.261 e. The Morgan fingerprint density at radius 2 is 1.75 bits per heavy atom. The van der Waals surface area contributed by atoms with Crippen LogP contribution in [0.1, 0.15) is 54.8 Å². The fraction of sp³-hybridized carbons (Fsp3) is 0.321. The number of pyridine rings is 3. The Kier molecular flexibility index (Phi) is 6.96. The van der Waals surface area contributed by atoms with Crippen LogP contribution in [0.15, 0.2) is 47.5 Å². The largest absolute Gasteiger partial charge is 0.487 e. The van der Waals surface area contributed by atoms with E-state index in [1.807, 2.05) is 45.0 Å². The van der Waals surface area contributed by atoms with Gasteiger partial charge in [0.05, 0.1) is 33.4 Å². The number of nitrogens with zero attached hydrogens (tertiary/aromatic N) is 5. The zero-order chi connectivity index (χ0) is 26.2. The molecule has 4 aromatic heterocycles. The van der Waals surface area contributed by atoms with Crippen LogP contribution >= 0.6 is 11.6 Å². The van der Waals surface area contributed by atoms with E-state index < -0.39 is 0 Å². The molecule has 0 aliphatic heterocycles. The van der Waals surface area contributed by atoms with Crippen molar-refractivity contribution in [3.05, 3.63) is 92.1 Å². The fourth-order valence-corrected chi connectivity index (χ4v) is 4.06. The van der Waals surface area contributed by atoms with Gasteiger partial charge in [-0.2, -0.15) is 0 Å². The van der Waals surface area contributed by atoms with Gasteiger partial charge < -0.3 is 4.74 Å². The van der Waals surface area contributed by atoms with Crippen LogP contribution in [0.5, 0.6) is 5.75 Å². The van der Waals surface area contributed by atoms with Gasteiger partial charge in [-0.25, -0.2) is 9.97 Å². The molecule has 0 aliphatic rings. The molecule has 0 atom stereocenters. The van der Waals surface area contributed by atoms with Crippen LogP contribution in [0.2, 0.25) is 5.02 Å². The molecule has 186 valence electrons. The average Bonchev–Trinajstić information content (AvgIpc) is 2.81. The van der Waals surface area contributed by atoms with Gasteiger partial charge in [0, 0.05) is 35.3 Å². The van der Waals surface area contributed by atoms with Gasteiger partial charge in [0.25, 0.3) is 5.56 Å². The maximum atomic E-state index is 13.5. The van der Waals surface area contributed by atoms with Gasteiger partial charge in [0.15, 0.2) is 0 Å². The van der Waals surface area contributed by atoms with Crippen molar-refractivity contribution >= 4 is 11.6 Å². The van der Waals surface area contributed by atoms with Crippen molar-refractivity contribution in [1.82, 2.24) is 24.5 Å². The minimum absolute atomic E-state index is 0.212. The van der Waals surface area contributed by atoms with Crippen LogP contribution in [0.25, 0.3) is 17.1 Å². The van der Waals surface area contributed by atoms with Crippen LogP contribution in [0.3, 0.4) is 0 Å². The summed E-state index contributed by atoms with van der Waals surface area (Å²) >= 11 is 6.56. The molecule has 0 unspecified atom stereocenters. The molecule has 8 heteroatoms. The number of aromatic nitrogens is 5. The lowest BCUT2D eigenvalue weighted by Gasteiger charge is -2.19. The summed E-state index contributed by atoms with van der Waals surface area (Å²) in [6.45, 7) is 13.9. The van der Waals surface area contributed by atoms with Gasteiger partial charge in [-0.3, -0.25) is 19.3 Å². The van der Waals surface area contributed by atoms with Crippen molar-refractivity contribution in [2.75, 3.05) is 0 Å². The molecule has 4 aromatic rings. The first-order chi connectivity index (χ1) is 17.0. The van der Waals surface area contributed by atoms with E-state index in [0.717, 1.165) is 22.8 Å². The summed E-state index contributed by atoms with van der Waals surface area (Å²) in [5, 5.41) is 0.365.